The number of pyridine rings is 1. The second-order valence-electron chi connectivity index (χ2n) is 7.15. The number of halogens is 2. The SMILES string of the molecule is CN(Cc1cccc(CN(C)Cc2ccccc2Cl)n1)Cc1ccccc1Cl. The van der Waals surface area contributed by atoms with Crippen molar-refractivity contribution in [2.45, 2.75) is 26.2 Å². The van der Waals surface area contributed by atoms with Crippen LogP contribution in [0.3, 0.4) is 0 Å². The predicted molar refractivity (Wildman–Crippen MR) is 117 cm³/mol. The van der Waals surface area contributed by atoms with E-state index in [0.717, 1.165) is 58.7 Å². The first kappa shape index (κ1) is 20.8. The third-order valence-corrected chi connectivity index (χ3v) is 5.26. The highest BCUT2D eigenvalue weighted by atomic mass is 35.5. The Morgan fingerprint density at radius 3 is 1.46 bits per heavy atom. The van der Waals surface area contributed by atoms with E-state index in [-0.39, 0.29) is 0 Å². The summed E-state index contributed by atoms with van der Waals surface area (Å²) in [4.78, 5) is 9.28. The number of aromatic nitrogens is 1. The molecule has 0 bridgehead atoms. The summed E-state index contributed by atoms with van der Waals surface area (Å²) in [6.07, 6.45) is 0. The molecule has 3 rings (SSSR count). The van der Waals surface area contributed by atoms with E-state index in [1.54, 1.807) is 0 Å². The minimum atomic E-state index is 0.771. The summed E-state index contributed by atoms with van der Waals surface area (Å²) in [6.45, 7) is 3.12. The van der Waals surface area contributed by atoms with Crippen LogP contribution < -0.4 is 0 Å². The van der Waals surface area contributed by atoms with Gasteiger partial charge in [0.05, 0.1) is 11.4 Å². The molecule has 0 amide bonds. The Morgan fingerprint density at radius 1 is 0.607 bits per heavy atom. The van der Waals surface area contributed by atoms with Crippen LogP contribution in [0.4, 0.5) is 0 Å². The lowest BCUT2D eigenvalue weighted by Crippen LogP contribution is -2.20. The Kier molecular flexibility index (Phi) is 7.46. The van der Waals surface area contributed by atoms with Crippen molar-refractivity contribution >= 4 is 23.2 Å². The van der Waals surface area contributed by atoms with Gasteiger partial charge < -0.3 is 0 Å². The quantitative estimate of drug-likeness (QED) is 0.475. The molecule has 0 saturated carbocycles. The topological polar surface area (TPSA) is 19.4 Å². The van der Waals surface area contributed by atoms with Crippen LogP contribution in [0.1, 0.15) is 22.5 Å². The maximum atomic E-state index is 6.27. The summed E-state index contributed by atoms with van der Waals surface area (Å²) < 4.78 is 0. The molecule has 0 unspecified atom stereocenters. The van der Waals surface area contributed by atoms with Crippen LogP contribution >= 0.6 is 23.2 Å². The summed E-state index contributed by atoms with van der Waals surface area (Å²) in [6, 6.07) is 22.1. The molecule has 0 aliphatic carbocycles. The molecule has 0 spiro atoms. The molecule has 5 heteroatoms. The lowest BCUT2D eigenvalue weighted by Gasteiger charge is -2.19. The Labute approximate surface area is 177 Å². The van der Waals surface area contributed by atoms with Gasteiger partial charge in [-0.05, 0) is 49.5 Å². The Balaban J connectivity index is 1.59. The van der Waals surface area contributed by atoms with Crippen LogP contribution in [0.15, 0.2) is 66.7 Å². The highest BCUT2D eigenvalue weighted by molar-refractivity contribution is 6.31. The molecule has 0 radical (unpaired) electrons. The molecule has 0 N–H and O–H groups in total. The van der Waals surface area contributed by atoms with Crippen molar-refractivity contribution in [2.24, 2.45) is 0 Å². The minimum absolute atomic E-state index is 0.771. The molecular weight excluding hydrogens is 389 g/mol. The number of nitrogens with zero attached hydrogens (tertiary/aromatic N) is 3. The molecule has 28 heavy (non-hydrogen) atoms. The van der Waals surface area contributed by atoms with Gasteiger partial charge in [-0.15, -0.1) is 0 Å². The average molecular weight is 414 g/mol. The molecule has 3 aromatic rings. The van der Waals surface area contributed by atoms with E-state index in [1.807, 2.05) is 36.4 Å². The van der Waals surface area contributed by atoms with Crippen LogP contribution in [0.5, 0.6) is 0 Å². The predicted octanol–water partition coefficient (Wildman–Crippen LogP) is 5.65. The standard InChI is InChI=1S/C23H25Cl2N3/c1-27(14-18-8-3-5-12-22(18)24)16-20-10-7-11-21(26-20)17-28(2)15-19-9-4-6-13-23(19)25/h3-13H,14-17H2,1-2H3. The number of benzene rings is 2. The zero-order chi connectivity index (χ0) is 19.9. The van der Waals surface area contributed by atoms with E-state index in [2.05, 4.69) is 54.2 Å². The highest BCUT2D eigenvalue weighted by Crippen LogP contribution is 2.18. The zero-order valence-corrected chi connectivity index (χ0v) is 17.8. The monoisotopic (exact) mass is 413 g/mol. The molecule has 0 aliphatic heterocycles. The molecule has 146 valence electrons. The first-order chi connectivity index (χ1) is 13.5. The number of hydrogen-bond acceptors (Lipinski definition) is 3. The summed E-state index contributed by atoms with van der Waals surface area (Å²) in [5.74, 6) is 0. The maximum absolute atomic E-state index is 6.27. The van der Waals surface area contributed by atoms with E-state index in [1.165, 1.54) is 0 Å². The van der Waals surface area contributed by atoms with Gasteiger partial charge in [-0.2, -0.15) is 0 Å². The van der Waals surface area contributed by atoms with Gasteiger partial charge in [-0.1, -0.05) is 65.7 Å². The van der Waals surface area contributed by atoms with E-state index in [0.29, 0.717) is 0 Å². The number of hydrogen-bond donors (Lipinski definition) is 0. The molecule has 1 heterocycles. The second-order valence-corrected chi connectivity index (χ2v) is 7.96. The van der Waals surface area contributed by atoms with Crippen molar-refractivity contribution in [1.82, 2.24) is 14.8 Å². The Hall–Kier alpha value is -1.91. The smallest absolute Gasteiger partial charge is 0.0547 e. The van der Waals surface area contributed by atoms with Crippen LogP contribution in [-0.2, 0) is 26.2 Å². The van der Waals surface area contributed by atoms with E-state index in [9.17, 15) is 0 Å². The minimum Gasteiger partial charge on any atom is -0.296 e. The van der Waals surface area contributed by atoms with Gasteiger partial charge in [-0.25, -0.2) is 0 Å². The first-order valence-corrected chi connectivity index (χ1v) is 10.1. The van der Waals surface area contributed by atoms with Crippen molar-refractivity contribution < 1.29 is 0 Å². The van der Waals surface area contributed by atoms with Crippen LogP contribution in [0, 0.1) is 0 Å². The van der Waals surface area contributed by atoms with E-state index < -0.39 is 0 Å². The van der Waals surface area contributed by atoms with E-state index >= 15 is 0 Å². The zero-order valence-electron chi connectivity index (χ0n) is 16.3. The van der Waals surface area contributed by atoms with Gasteiger partial charge in [0.15, 0.2) is 0 Å². The van der Waals surface area contributed by atoms with Crippen LogP contribution in [0.25, 0.3) is 0 Å². The lowest BCUT2D eigenvalue weighted by molar-refractivity contribution is 0.306. The molecule has 3 nitrogen and oxygen atoms in total. The largest absolute Gasteiger partial charge is 0.296 e. The Bertz CT molecular complexity index is 843. The summed E-state index contributed by atoms with van der Waals surface area (Å²) in [5.41, 5.74) is 4.36. The lowest BCUT2D eigenvalue weighted by atomic mass is 10.2. The van der Waals surface area contributed by atoms with Crippen molar-refractivity contribution in [3.05, 3.63) is 99.3 Å². The molecular formula is C23H25Cl2N3. The molecule has 2 aromatic carbocycles. The fourth-order valence-electron chi connectivity index (χ4n) is 3.21. The molecule has 0 aliphatic rings. The van der Waals surface area contributed by atoms with Gasteiger partial charge in [0, 0.05) is 36.2 Å². The number of rotatable bonds is 8. The maximum Gasteiger partial charge on any atom is 0.0547 e. The van der Waals surface area contributed by atoms with Crippen molar-refractivity contribution in [3.8, 4) is 0 Å². The van der Waals surface area contributed by atoms with Crippen molar-refractivity contribution in [1.29, 1.82) is 0 Å². The fourth-order valence-corrected chi connectivity index (χ4v) is 3.60. The molecule has 0 saturated heterocycles. The van der Waals surface area contributed by atoms with Gasteiger partial charge >= 0.3 is 0 Å². The third-order valence-electron chi connectivity index (χ3n) is 4.52. The summed E-state index contributed by atoms with van der Waals surface area (Å²) >= 11 is 12.5. The summed E-state index contributed by atoms with van der Waals surface area (Å²) in [5, 5.41) is 1.61. The second kappa shape index (κ2) is 10.0. The van der Waals surface area contributed by atoms with Crippen LogP contribution in [0.2, 0.25) is 10.0 Å². The molecule has 1 aromatic heterocycles. The summed E-state index contributed by atoms with van der Waals surface area (Å²) in [7, 11) is 4.17. The Morgan fingerprint density at radius 2 is 1.04 bits per heavy atom. The fraction of sp³-hybridized carbons (Fsp3) is 0.261. The normalized spacial score (nSPS) is 11.4. The highest BCUT2D eigenvalue weighted by Gasteiger charge is 2.09. The van der Waals surface area contributed by atoms with Gasteiger partial charge in [0.1, 0.15) is 0 Å². The van der Waals surface area contributed by atoms with Crippen molar-refractivity contribution in [3.63, 3.8) is 0 Å². The average Bonchev–Trinajstić information content (AvgIpc) is 2.66. The van der Waals surface area contributed by atoms with Gasteiger partial charge in [0.2, 0.25) is 0 Å². The molecule has 0 fully saturated rings. The third kappa shape index (κ3) is 6.05. The van der Waals surface area contributed by atoms with Gasteiger partial charge in [-0.3, -0.25) is 14.8 Å². The van der Waals surface area contributed by atoms with E-state index in [4.69, 9.17) is 28.2 Å². The van der Waals surface area contributed by atoms with Gasteiger partial charge in [0.25, 0.3) is 0 Å². The van der Waals surface area contributed by atoms with Crippen molar-refractivity contribution in [2.75, 3.05) is 14.1 Å². The molecule has 0 atom stereocenters. The van der Waals surface area contributed by atoms with Crippen LogP contribution in [-0.4, -0.2) is 28.9 Å². The first-order valence-electron chi connectivity index (χ1n) is 9.30.